The summed E-state index contributed by atoms with van der Waals surface area (Å²) in [6.07, 6.45) is -120. The maximum Gasteiger partial charge on any atom is 0.217 e. The Bertz CT molecular complexity index is 4110. The Morgan fingerprint density at radius 2 is 0.435 bits per heavy atom. The number of hydrogen-bond donors (Lipinski definition) is 37. The molecule has 12 saturated heterocycles. The summed E-state index contributed by atoms with van der Waals surface area (Å²) < 4.78 is 139. The zero-order chi connectivity index (χ0) is 108. The predicted octanol–water partition coefficient (Wildman–Crippen LogP) is -25.4. The minimum absolute atomic E-state index is 0.853. The number of carbonyl (C=O) groups is 5. The lowest BCUT2D eigenvalue weighted by Crippen LogP contribution is -2.72. The van der Waals surface area contributed by atoms with E-state index in [1.807, 2.05) is 0 Å². The molecule has 0 aromatic rings. The summed E-state index contributed by atoms with van der Waals surface area (Å²) in [4.78, 5) is 66.3. The summed E-state index contributed by atoms with van der Waals surface area (Å²) in [5, 5.41) is 374. The van der Waals surface area contributed by atoms with E-state index in [-0.39, 0.29) is 0 Å². The van der Waals surface area contributed by atoms with Crippen LogP contribution in [-0.4, -0.2) is 634 Å². The van der Waals surface area contributed by atoms with E-state index in [0.717, 1.165) is 34.6 Å². The zero-order valence-corrected chi connectivity index (χ0v) is 79.2. The molecular weight excluding hydrogens is 2010 g/mol. The minimum atomic E-state index is -2.82. The highest BCUT2D eigenvalue weighted by Crippen LogP contribution is 2.43. The van der Waals surface area contributed by atoms with Crippen LogP contribution in [0.25, 0.3) is 0 Å². The smallest absolute Gasteiger partial charge is 0.217 e. The second-order valence-electron chi connectivity index (χ2n) is 37.3. The molecule has 0 radical (unpaired) electrons. The second kappa shape index (κ2) is 52.8. The van der Waals surface area contributed by atoms with Gasteiger partial charge < -0.3 is 299 Å². The van der Waals surface area contributed by atoms with Crippen molar-refractivity contribution >= 4 is 29.5 Å². The zero-order valence-electron chi connectivity index (χ0n) is 79.2. The fourth-order valence-corrected chi connectivity index (χ4v) is 19.2. The van der Waals surface area contributed by atoms with Gasteiger partial charge in [-0.25, -0.2) is 0 Å². The van der Waals surface area contributed by atoms with Crippen LogP contribution in [-0.2, 0) is 133 Å². The van der Waals surface area contributed by atoms with E-state index in [1.165, 1.54) is 6.92 Å². The van der Waals surface area contributed by atoms with Crippen molar-refractivity contribution in [2.45, 2.75) is 410 Å². The topological polar surface area (TPSA) is 1010 Å². The normalized spacial score (nSPS) is 49.6. The van der Waals surface area contributed by atoms with Crippen molar-refractivity contribution in [3.8, 4) is 0 Å². The van der Waals surface area contributed by atoms with E-state index in [2.05, 4.69) is 26.6 Å². The van der Waals surface area contributed by atoms with Gasteiger partial charge in [-0.1, -0.05) is 0 Å². The number of nitrogens with one attached hydrogen (secondary N) is 5. The molecule has 0 spiro atoms. The molecule has 12 rings (SSSR count). The Balaban J connectivity index is 0.944. The highest BCUT2D eigenvalue weighted by atomic mass is 16.8. The molecule has 12 fully saturated rings. The van der Waals surface area contributed by atoms with E-state index in [9.17, 15) is 187 Å². The summed E-state index contributed by atoms with van der Waals surface area (Å²) in [6, 6.07) is -10.2. The molecule has 850 valence electrons. The molecule has 0 saturated carbocycles. The Morgan fingerprint density at radius 3 is 0.830 bits per heavy atom. The predicted molar refractivity (Wildman–Crippen MR) is 452 cm³/mol. The number of carbonyl (C=O) groups excluding carboxylic acids is 5. The molecule has 37 N–H and O–H groups in total. The van der Waals surface area contributed by atoms with Crippen LogP contribution in [0.4, 0.5) is 0 Å². The molecule has 0 bridgehead atoms. The van der Waals surface area contributed by atoms with Gasteiger partial charge in [0, 0.05) is 34.6 Å². The highest BCUT2D eigenvalue weighted by Gasteiger charge is 2.64. The van der Waals surface area contributed by atoms with Crippen LogP contribution in [0.3, 0.4) is 0 Å². The third-order valence-corrected chi connectivity index (χ3v) is 27.0. The fourth-order valence-electron chi connectivity index (χ4n) is 19.2. The van der Waals surface area contributed by atoms with Gasteiger partial charge in [0.25, 0.3) is 0 Å². The summed E-state index contributed by atoms with van der Waals surface area (Å²) in [7, 11) is 0. The summed E-state index contributed by atoms with van der Waals surface area (Å²) in [6.45, 7) is -7.41. The van der Waals surface area contributed by atoms with Crippen molar-refractivity contribution < 1.29 is 296 Å². The summed E-state index contributed by atoms with van der Waals surface area (Å²) in [5.41, 5.74) is 0. The first-order valence-corrected chi connectivity index (χ1v) is 47.0. The van der Waals surface area contributed by atoms with Crippen molar-refractivity contribution in [1.29, 1.82) is 0 Å². The number of amides is 5. The molecule has 65 heteroatoms. The summed E-state index contributed by atoms with van der Waals surface area (Å²) in [5.74, 6) is -5.09. The Kier molecular flexibility index (Phi) is 43.4. The van der Waals surface area contributed by atoms with Crippen LogP contribution in [0, 0.1) is 0 Å². The largest absolute Gasteiger partial charge is 0.394 e. The van der Waals surface area contributed by atoms with Crippen molar-refractivity contribution in [2.75, 3.05) is 72.7 Å². The number of aliphatic hydroxyl groups is 32. The SMILES string of the molecule is CC(=O)N[C@@H]1[C@H](O[C@@H]2[C@@H](O[C@@H]3[C@H](O)[C@H](O[C@H]4[C@H](O)[C@@H](NC(C)=O)[C@H](O[C@H]5[C@H](O)[C@@H](NC(C)=O)C(O)O[C@@H]5CO[C@@H]5O[C@@H](C)[C@@H](O)[C@@H](O)[C@@H]5O)O[C@@H]4CO)O[C@H](CO[C@H]4O[C@H](CO)[C@@H](O)[C@H](O)[C@@H]4O[C@@H]4O[C@H](CO)[C@@H](O)[C@H](O[C@@H]5O[C@H](CO)[C@H](O)[C@H](O)[C@H]5O)[C@H]4NC(C)=O)[C@H]3O)O[C@H](CO)[C@@H](O[C@@H]3O[C@H](CO)[C@@H](O)[C@H](O[C@@H]4O[C@H](CO)[C@H](O)[C@H](O)[C@H]4O)[C@H]3NC(C)=O)[C@@H]2O)O[C@H](CO)[C@@H](O[C@@H]2O[C@H](CO)[C@H](O)[C@H](O)[C@H]2O)[C@@H]1O. The van der Waals surface area contributed by atoms with Gasteiger partial charge in [-0.2, -0.15) is 0 Å². The average molecular weight is 2150 g/mol. The Hall–Kier alpha value is -4.85. The van der Waals surface area contributed by atoms with Gasteiger partial charge in [-0.05, 0) is 6.92 Å². The van der Waals surface area contributed by atoms with E-state index < -0.39 is 470 Å². The molecule has 12 aliphatic heterocycles. The minimum Gasteiger partial charge on any atom is -0.394 e. The molecule has 12 aliphatic rings. The van der Waals surface area contributed by atoms with Gasteiger partial charge in [0.15, 0.2) is 75.5 Å². The lowest BCUT2D eigenvalue weighted by Gasteiger charge is -2.52. The third-order valence-electron chi connectivity index (χ3n) is 27.0. The standard InChI is InChI=1S/C82H137N5O60/c1-18-40(102)51(113)56(118)76(127-18)125-17-34-65(48(110)35(71(124)128-34)83-19(2)97)140-72-36(84-20(3)98)49(111)63(31(14-95)135-72)142-80-61(123)68(47(109)33(138-80)16-126-81-69(55(117)44(106)27(10-91)134-81)146-75-39(87-23(6)101)67(46(108)29(12-93)130-75)144-79-59(121)54(116)43(105)26(9-90)133-79)145-82-70(147-73-37(85-21(4)99)50(112)62(30(13-94)136-73)141-77-57(119)52(114)41(103)24(7-88)131-77)60(122)64(32(15-96)137-82)139-74-38(86-22(5)100)66(45(107)28(11-92)129-74)143-78-58(120)53(115)42(104)25(8-89)132-78/h18,24-82,88-96,102-124H,7-17H2,1-6H3,(H,83,97)(H,84,98)(H,85,99)(H,86,100)(H,87,101)/t18-,24+,25+,26+,27+,28+,29+,30+,31+,32+,33+,34+,35+,36+,37-,38+,39+,40+,41-,42-,43-,44+,45+,46+,47+,48+,49+,50+,51+,52-,53-,54-,55-,56-,57+,58+,59+,60-,61-,62+,63+,64+,65+,66+,67+,68-,69-,70-,71?,72-,73-,74-,75-,76+,77-,78-,79-,80-,81-,82+/m0/s1. The third kappa shape index (κ3) is 26.8. The van der Waals surface area contributed by atoms with Crippen molar-refractivity contribution in [3.05, 3.63) is 0 Å². The number of rotatable bonds is 38. The molecule has 0 aromatic heterocycles. The van der Waals surface area contributed by atoms with Gasteiger partial charge in [-0.15, -0.1) is 0 Å². The molecule has 65 nitrogen and oxygen atoms in total. The second-order valence-corrected chi connectivity index (χ2v) is 37.3. The maximum atomic E-state index is 13.5. The van der Waals surface area contributed by atoms with E-state index in [4.69, 9.17) is 109 Å². The van der Waals surface area contributed by atoms with E-state index >= 15 is 0 Å². The van der Waals surface area contributed by atoms with Crippen LogP contribution >= 0.6 is 0 Å². The molecule has 5 amide bonds. The van der Waals surface area contributed by atoms with Gasteiger partial charge >= 0.3 is 0 Å². The van der Waals surface area contributed by atoms with Crippen LogP contribution < -0.4 is 26.6 Å². The molecule has 147 heavy (non-hydrogen) atoms. The van der Waals surface area contributed by atoms with E-state index in [0.29, 0.717) is 0 Å². The summed E-state index contributed by atoms with van der Waals surface area (Å²) >= 11 is 0. The van der Waals surface area contributed by atoms with Crippen LogP contribution in [0.15, 0.2) is 0 Å². The van der Waals surface area contributed by atoms with Crippen molar-refractivity contribution in [1.82, 2.24) is 26.6 Å². The molecule has 0 aromatic carbocycles. The van der Waals surface area contributed by atoms with Gasteiger partial charge in [0.2, 0.25) is 29.5 Å². The van der Waals surface area contributed by atoms with Crippen molar-refractivity contribution in [2.24, 2.45) is 0 Å². The fraction of sp³-hybridized carbons (Fsp3) is 0.939. The van der Waals surface area contributed by atoms with E-state index in [1.54, 1.807) is 0 Å². The van der Waals surface area contributed by atoms with Gasteiger partial charge in [0.1, 0.15) is 287 Å². The molecule has 12 heterocycles. The maximum absolute atomic E-state index is 13.5. The number of aliphatic hydroxyl groups excluding tert-OH is 32. The van der Waals surface area contributed by atoms with Crippen LogP contribution in [0.2, 0.25) is 0 Å². The van der Waals surface area contributed by atoms with Crippen molar-refractivity contribution in [3.63, 3.8) is 0 Å². The van der Waals surface area contributed by atoms with Crippen LogP contribution in [0.5, 0.6) is 0 Å². The first-order chi connectivity index (χ1) is 69.5. The molecule has 1 unspecified atom stereocenters. The Labute approximate surface area is 832 Å². The van der Waals surface area contributed by atoms with Gasteiger partial charge in [-0.3, -0.25) is 24.0 Å². The monoisotopic (exact) mass is 2150 g/mol. The Morgan fingerprint density at radius 1 is 0.190 bits per heavy atom. The number of hydrogen-bond acceptors (Lipinski definition) is 60. The average Bonchev–Trinajstić information content (AvgIpc) is 0.750. The lowest BCUT2D eigenvalue weighted by molar-refractivity contribution is -0.406. The van der Waals surface area contributed by atoms with Crippen LogP contribution in [0.1, 0.15) is 41.5 Å². The van der Waals surface area contributed by atoms with Gasteiger partial charge in [0.05, 0.1) is 78.8 Å². The molecular formula is C82H137N5O60. The molecule has 60 atom stereocenters. The first-order valence-electron chi connectivity index (χ1n) is 47.0. The lowest BCUT2D eigenvalue weighted by atomic mass is 9.93. The highest BCUT2D eigenvalue weighted by molar-refractivity contribution is 5.75. The quantitative estimate of drug-likeness (QED) is 0.0273. The molecule has 0 aliphatic carbocycles. The number of ether oxygens (including phenoxy) is 23. The first kappa shape index (κ1) is 121.